The van der Waals surface area contributed by atoms with Crippen molar-refractivity contribution < 1.29 is 15.4 Å². The predicted octanol–water partition coefficient (Wildman–Crippen LogP) is 2.12. The van der Waals surface area contributed by atoms with Crippen LogP contribution in [0.5, 0.6) is 0 Å². The molecule has 126 valence electrons. The van der Waals surface area contributed by atoms with Crippen molar-refractivity contribution in [2.24, 2.45) is 4.99 Å². The molecule has 0 atom stereocenters. The average Bonchev–Trinajstić information content (AvgIpc) is 2.83. The molecule has 0 aromatic rings. The standard InChI is InChI=1S/C16H30N2O2.2Na.H2O/c1-2-3-4-5-6-7-8-9-10-11-15-17-12-13-18(15)14-16(19)20;;;/h2-14H2,1H3,(H,19,20);;;1H2. The fourth-order valence-corrected chi connectivity index (χ4v) is 2.69. The van der Waals surface area contributed by atoms with Gasteiger partial charge in [-0.1, -0.05) is 58.3 Å². The van der Waals surface area contributed by atoms with Crippen molar-refractivity contribution in [1.82, 2.24) is 4.90 Å². The first-order chi connectivity index (χ1) is 9.74. The van der Waals surface area contributed by atoms with Gasteiger partial charge in [0.2, 0.25) is 0 Å². The number of aliphatic carboxylic acids is 1. The van der Waals surface area contributed by atoms with E-state index in [1.807, 2.05) is 4.90 Å². The largest absolute Gasteiger partial charge is 0.480 e. The van der Waals surface area contributed by atoms with Crippen LogP contribution in [0.2, 0.25) is 0 Å². The Kier molecular flexibility index (Phi) is 24.0. The second-order valence-electron chi connectivity index (χ2n) is 5.69. The molecule has 1 heterocycles. The molecule has 0 saturated carbocycles. The number of amidine groups is 1. The Morgan fingerprint density at radius 1 is 1.04 bits per heavy atom. The number of unbranched alkanes of at least 4 members (excludes halogenated alkanes) is 8. The van der Waals surface area contributed by atoms with Crippen molar-refractivity contribution in [3.05, 3.63) is 0 Å². The molecule has 0 amide bonds. The average molecular weight is 346 g/mol. The molecule has 3 N–H and O–H groups in total. The number of carbonyl (C=O) groups is 1. The number of hydrogen-bond donors (Lipinski definition) is 1. The third kappa shape index (κ3) is 14.9. The summed E-state index contributed by atoms with van der Waals surface area (Å²) in [5, 5.41) is 8.83. The molecule has 7 heteroatoms. The van der Waals surface area contributed by atoms with E-state index in [0.29, 0.717) is 0 Å². The zero-order valence-corrected chi connectivity index (χ0v) is 19.4. The Balaban J connectivity index is -0.00000133. The second-order valence-corrected chi connectivity index (χ2v) is 5.69. The zero-order chi connectivity index (χ0) is 14.6. The normalized spacial score (nSPS) is 12.7. The van der Waals surface area contributed by atoms with Crippen LogP contribution in [-0.2, 0) is 4.79 Å². The molecule has 23 heavy (non-hydrogen) atoms. The summed E-state index contributed by atoms with van der Waals surface area (Å²) < 4.78 is 0. The van der Waals surface area contributed by atoms with Crippen LogP contribution in [0, 0.1) is 0 Å². The van der Waals surface area contributed by atoms with E-state index in [1.165, 1.54) is 51.4 Å². The maximum Gasteiger partial charge on any atom is 0.323 e. The van der Waals surface area contributed by atoms with Gasteiger partial charge in [-0.15, -0.1) is 0 Å². The summed E-state index contributed by atoms with van der Waals surface area (Å²) >= 11 is 0. The van der Waals surface area contributed by atoms with Gasteiger partial charge in [0.25, 0.3) is 0 Å². The molecule has 0 bridgehead atoms. The van der Waals surface area contributed by atoms with Crippen LogP contribution >= 0.6 is 0 Å². The Labute approximate surface area is 185 Å². The monoisotopic (exact) mass is 346 g/mol. The topological polar surface area (TPSA) is 84.4 Å². The first-order valence-corrected chi connectivity index (χ1v) is 8.24. The van der Waals surface area contributed by atoms with E-state index in [9.17, 15) is 4.79 Å². The van der Waals surface area contributed by atoms with Crippen LogP contribution in [0.25, 0.3) is 0 Å². The molecule has 0 saturated heterocycles. The summed E-state index contributed by atoms with van der Waals surface area (Å²) in [6.07, 6.45) is 12.8. The third-order valence-corrected chi connectivity index (χ3v) is 3.86. The molecular weight excluding hydrogens is 314 g/mol. The second kappa shape index (κ2) is 19.2. The van der Waals surface area contributed by atoms with Gasteiger partial charge in [-0.2, -0.15) is 0 Å². The van der Waals surface area contributed by atoms with Crippen LogP contribution in [0.3, 0.4) is 0 Å². The third-order valence-electron chi connectivity index (χ3n) is 3.86. The molecule has 1 aliphatic rings. The van der Waals surface area contributed by atoms with E-state index in [4.69, 9.17) is 5.11 Å². The smallest absolute Gasteiger partial charge is 0.323 e. The van der Waals surface area contributed by atoms with Crippen molar-refractivity contribution in [1.29, 1.82) is 0 Å². The van der Waals surface area contributed by atoms with Crippen LogP contribution in [0.4, 0.5) is 0 Å². The van der Waals surface area contributed by atoms with Gasteiger partial charge in [0.1, 0.15) is 6.54 Å². The molecule has 1 aliphatic heterocycles. The minimum absolute atomic E-state index is 0. The van der Waals surface area contributed by atoms with Gasteiger partial charge in [0, 0.05) is 72.1 Å². The molecule has 0 aromatic heterocycles. The summed E-state index contributed by atoms with van der Waals surface area (Å²) in [7, 11) is 0. The molecule has 0 aliphatic carbocycles. The summed E-state index contributed by atoms with van der Waals surface area (Å²) in [6, 6.07) is 0. The first-order valence-electron chi connectivity index (χ1n) is 8.24. The number of aliphatic imine (C=N–C) groups is 1. The van der Waals surface area contributed by atoms with Gasteiger partial charge in [-0.3, -0.25) is 9.79 Å². The van der Waals surface area contributed by atoms with Gasteiger partial charge in [-0.25, -0.2) is 0 Å². The molecule has 1 rings (SSSR count). The van der Waals surface area contributed by atoms with Gasteiger partial charge in [0.15, 0.2) is 0 Å². The summed E-state index contributed by atoms with van der Waals surface area (Å²) in [4.78, 5) is 17.1. The van der Waals surface area contributed by atoms with Crippen molar-refractivity contribution in [3.8, 4) is 0 Å². The summed E-state index contributed by atoms with van der Waals surface area (Å²) in [5.41, 5.74) is 0. The van der Waals surface area contributed by atoms with Gasteiger partial charge < -0.3 is 15.5 Å². The fourth-order valence-electron chi connectivity index (χ4n) is 2.69. The Morgan fingerprint density at radius 2 is 1.57 bits per heavy atom. The number of rotatable bonds is 12. The summed E-state index contributed by atoms with van der Waals surface area (Å²) in [5.74, 6) is 0.252. The molecule has 0 fully saturated rings. The van der Waals surface area contributed by atoms with E-state index in [0.717, 1.165) is 31.8 Å². The molecule has 2 radical (unpaired) electrons. The van der Waals surface area contributed by atoms with Crippen LogP contribution in [0.1, 0.15) is 71.1 Å². The minimum Gasteiger partial charge on any atom is -0.480 e. The molecule has 0 unspecified atom stereocenters. The quantitative estimate of drug-likeness (QED) is 0.434. The van der Waals surface area contributed by atoms with Crippen molar-refractivity contribution in [3.63, 3.8) is 0 Å². The van der Waals surface area contributed by atoms with Crippen LogP contribution < -0.4 is 0 Å². The van der Waals surface area contributed by atoms with E-state index >= 15 is 0 Å². The van der Waals surface area contributed by atoms with E-state index < -0.39 is 5.97 Å². The van der Waals surface area contributed by atoms with E-state index in [2.05, 4.69) is 11.9 Å². The van der Waals surface area contributed by atoms with E-state index in [-0.39, 0.29) is 71.1 Å². The van der Waals surface area contributed by atoms with Gasteiger partial charge in [-0.05, 0) is 6.42 Å². The first kappa shape index (κ1) is 28.7. The maximum absolute atomic E-state index is 10.7. The van der Waals surface area contributed by atoms with Crippen molar-refractivity contribution >= 4 is 70.9 Å². The maximum atomic E-state index is 10.7. The SMILES string of the molecule is CCCCCCCCCCCC1=NCCN1CC(=O)O.O.[Na].[Na]. The molecule has 5 nitrogen and oxygen atoms in total. The molecular formula is C16H32N2Na2O3. The minimum atomic E-state index is -0.758. The van der Waals surface area contributed by atoms with E-state index in [1.54, 1.807) is 0 Å². The fraction of sp³-hybridized carbons (Fsp3) is 0.875. The molecule has 0 spiro atoms. The Bertz CT molecular complexity index is 316. The number of carboxylic acid groups (broad SMARTS) is 1. The molecule has 0 aromatic carbocycles. The van der Waals surface area contributed by atoms with Crippen LogP contribution in [0.15, 0.2) is 4.99 Å². The van der Waals surface area contributed by atoms with Crippen molar-refractivity contribution in [2.75, 3.05) is 19.6 Å². The Hall–Kier alpha value is 0.900. The number of hydrogen-bond acceptors (Lipinski definition) is 3. The van der Waals surface area contributed by atoms with Gasteiger partial charge >= 0.3 is 5.97 Å². The number of carboxylic acids is 1. The van der Waals surface area contributed by atoms with Crippen molar-refractivity contribution in [2.45, 2.75) is 71.1 Å². The van der Waals surface area contributed by atoms with Gasteiger partial charge in [0.05, 0.1) is 12.4 Å². The predicted molar refractivity (Wildman–Crippen MR) is 98.5 cm³/mol. The zero-order valence-electron chi connectivity index (χ0n) is 15.4. The summed E-state index contributed by atoms with van der Waals surface area (Å²) in [6.45, 7) is 3.90. The van der Waals surface area contributed by atoms with Crippen LogP contribution in [-0.4, -0.2) is 106 Å². The Morgan fingerprint density at radius 3 is 2.09 bits per heavy atom. The number of nitrogens with zero attached hydrogens (tertiary/aromatic N) is 2.